The Morgan fingerprint density at radius 2 is 1.68 bits per heavy atom. The van der Waals surface area contributed by atoms with Gasteiger partial charge in [-0.15, -0.1) is 0 Å². The molecular formula is C26H30O5. The van der Waals surface area contributed by atoms with Gasteiger partial charge in [-0.1, -0.05) is 78.9 Å². The lowest BCUT2D eigenvalue weighted by Gasteiger charge is -2.39. The average molecular weight is 423 g/mol. The van der Waals surface area contributed by atoms with Gasteiger partial charge in [0.05, 0.1) is 25.7 Å². The number of aliphatic hydroxyl groups excluding tert-OH is 1. The first kappa shape index (κ1) is 22.9. The SMILES string of the molecule is O=C(O)CCO[C@@H](CCO)COC(C1=CC=CCC1)(c1ccccc1)c1ccccc1. The van der Waals surface area contributed by atoms with Crippen LogP contribution in [-0.2, 0) is 19.9 Å². The predicted octanol–water partition coefficient (Wildman–Crippen LogP) is 4.47. The van der Waals surface area contributed by atoms with Crippen molar-refractivity contribution in [2.24, 2.45) is 0 Å². The maximum absolute atomic E-state index is 10.9. The minimum Gasteiger partial charge on any atom is -0.481 e. The van der Waals surface area contributed by atoms with Crippen LogP contribution in [0.25, 0.3) is 0 Å². The molecule has 0 fully saturated rings. The maximum atomic E-state index is 10.9. The number of carbonyl (C=O) groups is 1. The zero-order chi connectivity index (χ0) is 21.9. The first-order valence-electron chi connectivity index (χ1n) is 10.7. The number of allylic oxidation sites excluding steroid dienone is 3. The second-order valence-corrected chi connectivity index (χ2v) is 7.53. The third kappa shape index (κ3) is 5.91. The van der Waals surface area contributed by atoms with Crippen molar-refractivity contribution in [2.75, 3.05) is 19.8 Å². The summed E-state index contributed by atoms with van der Waals surface area (Å²) in [6.07, 6.45) is 8.02. The number of benzene rings is 2. The number of carboxylic acids is 1. The maximum Gasteiger partial charge on any atom is 0.305 e. The van der Waals surface area contributed by atoms with E-state index in [9.17, 15) is 9.90 Å². The Bertz CT molecular complexity index is 834. The second-order valence-electron chi connectivity index (χ2n) is 7.53. The fourth-order valence-corrected chi connectivity index (χ4v) is 3.93. The molecule has 0 saturated carbocycles. The first-order chi connectivity index (χ1) is 15.2. The Hall–Kier alpha value is -2.73. The van der Waals surface area contributed by atoms with Crippen LogP contribution in [0.4, 0.5) is 0 Å². The van der Waals surface area contributed by atoms with Crippen molar-refractivity contribution in [1.29, 1.82) is 0 Å². The zero-order valence-electron chi connectivity index (χ0n) is 17.7. The lowest BCUT2D eigenvalue weighted by Crippen LogP contribution is -2.37. The zero-order valence-corrected chi connectivity index (χ0v) is 17.7. The van der Waals surface area contributed by atoms with Gasteiger partial charge in [0.15, 0.2) is 0 Å². The molecule has 0 heterocycles. The molecule has 3 rings (SSSR count). The molecule has 1 atom stereocenters. The van der Waals surface area contributed by atoms with E-state index in [0.29, 0.717) is 6.42 Å². The molecule has 0 bridgehead atoms. The van der Waals surface area contributed by atoms with Crippen LogP contribution in [0.1, 0.15) is 36.8 Å². The summed E-state index contributed by atoms with van der Waals surface area (Å²) in [4.78, 5) is 10.9. The van der Waals surface area contributed by atoms with E-state index in [1.54, 1.807) is 0 Å². The highest BCUT2D eigenvalue weighted by molar-refractivity contribution is 5.66. The molecule has 5 heteroatoms. The van der Waals surface area contributed by atoms with Crippen molar-refractivity contribution in [3.63, 3.8) is 0 Å². The summed E-state index contributed by atoms with van der Waals surface area (Å²) in [5.74, 6) is -0.911. The van der Waals surface area contributed by atoms with E-state index >= 15 is 0 Å². The van der Waals surface area contributed by atoms with Crippen LogP contribution in [0.3, 0.4) is 0 Å². The van der Waals surface area contributed by atoms with E-state index in [0.717, 1.165) is 29.5 Å². The molecule has 0 unspecified atom stereocenters. The third-order valence-corrected chi connectivity index (χ3v) is 5.43. The molecule has 1 aliphatic carbocycles. The van der Waals surface area contributed by atoms with Crippen molar-refractivity contribution in [1.82, 2.24) is 0 Å². The molecule has 5 nitrogen and oxygen atoms in total. The van der Waals surface area contributed by atoms with Crippen LogP contribution < -0.4 is 0 Å². The van der Waals surface area contributed by atoms with Crippen molar-refractivity contribution < 1.29 is 24.5 Å². The molecule has 2 aromatic rings. The van der Waals surface area contributed by atoms with Crippen LogP contribution in [0.5, 0.6) is 0 Å². The minimum absolute atomic E-state index is 0.0593. The van der Waals surface area contributed by atoms with E-state index in [2.05, 4.69) is 42.5 Å². The molecule has 31 heavy (non-hydrogen) atoms. The van der Waals surface area contributed by atoms with Crippen LogP contribution in [0.2, 0.25) is 0 Å². The number of ether oxygens (including phenoxy) is 2. The topological polar surface area (TPSA) is 76.0 Å². The molecule has 2 N–H and O–H groups in total. The summed E-state index contributed by atoms with van der Waals surface area (Å²) in [5, 5.41) is 18.4. The van der Waals surface area contributed by atoms with Gasteiger partial charge in [-0.3, -0.25) is 4.79 Å². The van der Waals surface area contributed by atoms with Crippen molar-refractivity contribution in [2.45, 2.75) is 37.4 Å². The molecule has 1 aliphatic rings. The first-order valence-corrected chi connectivity index (χ1v) is 10.7. The lowest BCUT2D eigenvalue weighted by atomic mass is 9.76. The Kier molecular flexibility index (Phi) is 8.59. The molecule has 0 radical (unpaired) electrons. The Balaban J connectivity index is 1.97. The number of hydrogen-bond acceptors (Lipinski definition) is 4. The van der Waals surface area contributed by atoms with Gasteiger partial charge < -0.3 is 19.7 Å². The van der Waals surface area contributed by atoms with Crippen molar-refractivity contribution in [3.05, 3.63) is 95.6 Å². The van der Waals surface area contributed by atoms with Gasteiger partial charge in [0.2, 0.25) is 0 Å². The predicted molar refractivity (Wildman–Crippen MR) is 120 cm³/mol. The number of aliphatic carboxylic acids is 1. The van der Waals surface area contributed by atoms with Crippen molar-refractivity contribution in [3.8, 4) is 0 Å². The molecule has 0 amide bonds. The normalized spacial score (nSPS) is 14.8. The van der Waals surface area contributed by atoms with Crippen molar-refractivity contribution >= 4 is 5.97 Å². The molecule has 0 saturated heterocycles. The highest BCUT2D eigenvalue weighted by Gasteiger charge is 2.39. The molecular weight excluding hydrogens is 392 g/mol. The summed E-state index contributed by atoms with van der Waals surface area (Å²) in [6, 6.07) is 20.3. The van der Waals surface area contributed by atoms with Gasteiger partial charge in [0, 0.05) is 6.61 Å². The van der Waals surface area contributed by atoms with Gasteiger partial charge in [-0.05, 0) is 36.0 Å². The quantitative estimate of drug-likeness (QED) is 0.528. The highest BCUT2D eigenvalue weighted by atomic mass is 16.5. The number of carboxylic acid groups (broad SMARTS) is 1. The number of rotatable bonds is 12. The summed E-state index contributed by atoms with van der Waals surface area (Å²) in [7, 11) is 0. The highest BCUT2D eigenvalue weighted by Crippen LogP contribution is 2.43. The van der Waals surface area contributed by atoms with E-state index in [4.69, 9.17) is 14.6 Å². The van der Waals surface area contributed by atoms with E-state index in [1.165, 1.54) is 0 Å². The van der Waals surface area contributed by atoms with E-state index < -0.39 is 17.7 Å². The van der Waals surface area contributed by atoms with Crippen LogP contribution >= 0.6 is 0 Å². The van der Waals surface area contributed by atoms with E-state index in [1.807, 2.05) is 36.4 Å². The number of hydrogen-bond donors (Lipinski definition) is 2. The second kappa shape index (κ2) is 11.6. The smallest absolute Gasteiger partial charge is 0.305 e. The average Bonchev–Trinajstić information content (AvgIpc) is 2.81. The summed E-state index contributed by atoms with van der Waals surface area (Å²) in [6.45, 7) is 0.250. The monoisotopic (exact) mass is 422 g/mol. The van der Waals surface area contributed by atoms with Crippen LogP contribution in [0.15, 0.2) is 84.5 Å². The minimum atomic E-state index is -0.911. The van der Waals surface area contributed by atoms with Crippen LogP contribution in [0, 0.1) is 0 Å². The van der Waals surface area contributed by atoms with E-state index in [-0.39, 0.29) is 26.2 Å². The summed E-state index contributed by atoms with van der Waals surface area (Å²) >= 11 is 0. The van der Waals surface area contributed by atoms with Gasteiger partial charge >= 0.3 is 5.97 Å². The summed E-state index contributed by atoms with van der Waals surface area (Å²) in [5.41, 5.74) is 2.41. The fraction of sp³-hybridized carbons (Fsp3) is 0.346. The van der Waals surface area contributed by atoms with Crippen LogP contribution in [-0.4, -0.2) is 42.1 Å². The van der Waals surface area contributed by atoms with Gasteiger partial charge in [-0.2, -0.15) is 0 Å². The standard InChI is InChI=1S/C26H30O5/c27-18-16-24(30-19-17-25(28)29)20-31-26(21-10-4-1-5-11-21,22-12-6-2-7-13-22)23-14-8-3-9-15-23/h1-8,10-14,24,27H,9,15-20H2,(H,28,29)/t24-/m0/s1. The van der Waals surface area contributed by atoms with Gasteiger partial charge in [-0.25, -0.2) is 0 Å². The van der Waals surface area contributed by atoms with Gasteiger partial charge in [0.1, 0.15) is 5.60 Å². The Morgan fingerprint density at radius 3 is 2.19 bits per heavy atom. The fourth-order valence-electron chi connectivity index (χ4n) is 3.93. The number of aliphatic hydroxyl groups is 1. The molecule has 0 spiro atoms. The summed E-state index contributed by atoms with van der Waals surface area (Å²) < 4.78 is 12.5. The Morgan fingerprint density at radius 1 is 1.03 bits per heavy atom. The molecule has 0 aliphatic heterocycles. The third-order valence-electron chi connectivity index (χ3n) is 5.43. The lowest BCUT2D eigenvalue weighted by molar-refractivity contribution is -0.139. The molecule has 0 aromatic heterocycles. The van der Waals surface area contributed by atoms with Gasteiger partial charge in [0.25, 0.3) is 0 Å². The largest absolute Gasteiger partial charge is 0.481 e. The Labute approximate surface area is 183 Å². The molecule has 2 aromatic carbocycles. The molecule has 164 valence electrons.